The second-order valence-electron chi connectivity index (χ2n) is 3.53. The third-order valence-electron chi connectivity index (χ3n) is 2.43. The highest BCUT2D eigenvalue weighted by atomic mass is 35.5. The second kappa shape index (κ2) is 6.30. The molecule has 3 nitrogen and oxygen atoms in total. The maximum atomic E-state index is 10.5. The predicted molar refractivity (Wildman–Crippen MR) is 68.5 cm³/mol. The van der Waals surface area contributed by atoms with Crippen LogP contribution < -0.4 is 4.74 Å². The van der Waals surface area contributed by atoms with Crippen LogP contribution in [0.15, 0.2) is 24.3 Å². The van der Waals surface area contributed by atoms with Gasteiger partial charge in [0.25, 0.3) is 0 Å². The van der Waals surface area contributed by atoms with E-state index in [-0.39, 0.29) is 6.42 Å². The molecule has 0 aliphatic heterocycles. The number of carboxylic acids is 1. The van der Waals surface area contributed by atoms with Crippen molar-refractivity contribution in [2.45, 2.75) is 19.8 Å². The lowest BCUT2D eigenvalue weighted by molar-refractivity contribution is -0.135. The lowest BCUT2D eigenvalue weighted by Crippen LogP contribution is -1.93. The minimum atomic E-state index is -0.837. The van der Waals surface area contributed by atoms with Gasteiger partial charge >= 0.3 is 5.97 Å². The number of halogens is 1. The van der Waals surface area contributed by atoms with E-state index in [1.165, 1.54) is 0 Å². The Bertz CT molecular complexity index is 438. The molecule has 0 spiro atoms. The lowest BCUT2D eigenvalue weighted by atomic mass is 10.0. The smallest absolute Gasteiger partial charge is 0.307 e. The summed E-state index contributed by atoms with van der Waals surface area (Å²) in [6, 6.07) is 5.45. The summed E-state index contributed by atoms with van der Waals surface area (Å²) in [6.07, 6.45) is 2.49. The third kappa shape index (κ3) is 3.79. The summed E-state index contributed by atoms with van der Waals surface area (Å²) in [7, 11) is 1.56. The van der Waals surface area contributed by atoms with Gasteiger partial charge in [-0.15, -0.1) is 0 Å². The molecule has 0 bridgehead atoms. The summed E-state index contributed by atoms with van der Waals surface area (Å²) < 4.78 is 5.07. The largest absolute Gasteiger partial charge is 0.495 e. The third-order valence-corrected chi connectivity index (χ3v) is 2.72. The summed E-state index contributed by atoms with van der Waals surface area (Å²) in [5.74, 6) is -0.223. The van der Waals surface area contributed by atoms with Gasteiger partial charge in [-0.2, -0.15) is 0 Å². The summed E-state index contributed by atoms with van der Waals surface area (Å²) >= 11 is 6.02. The second-order valence-corrected chi connectivity index (χ2v) is 3.94. The van der Waals surface area contributed by atoms with Crippen LogP contribution in [0.1, 0.15) is 25.3 Å². The molecule has 0 radical (unpaired) electrons. The van der Waals surface area contributed by atoms with E-state index in [4.69, 9.17) is 21.4 Å². The molecule has 0 aliphatic carbocycles. The van der Waals surface area contributed by atoms with Crippen LogP contribution in [-0.2, 0) is 4.79 Å². The summed E-state index contributed by atoms with van der Waals surface area (Å²) in [5.41, 5.74) is 1.90. The molecule has 1 rings (SSSR count). The first-order valence-corrected chi connectivity index (χ1v) is 5.71. The zero-order valence-electron chi connectivity index (χ0n) is 9.87. The number of aliphatic carboxylic acids is 1. The van der Waals surface area contributed by atoms with Crippen molar-refractivity contribution in [3.63, 3.8) is 0 Å². The Labute approximate surface area is 106 Å². The van der Waals surface area contributed by atoms with Gasteiger partial charge in [0, 0.05) is 0 Å². The van der Waals surface area contributed by atoms with Crippen LogP contribution in [0.3, 0.4) is 0 Å². The molecule has 0 unspecified atom stereocenters. The fourth-order valence-electron chi connectivity index (χ4n) is 1.54. The van der Waals surface area contributed by atoms with E-state index in [1.54, 1.807) is 25.3 Å². The van der Waals surface area contributed by atoms with Gasteiger partial charge in [0.15, 0.2) is 0 Å². The molecule has 0 saturated carbocycles. The molecule has 0 heterocycles. The predicted octanol–water partition coefficient (Wildman–Crippen LogP) is 3.62. The molecule has 0 saturated heterocycles. The van der Waals surface area contributed by atoms with Gasteiger partial charge in [-0.25, -0.2) is 0 Å². The van der Waals surface area contributed by atoms with E-state index in [9.17, 15) is 4.79 Å². The van der Waals surface area contributed by atoms with E-state index in [0.717, 1.165) is 17.6 Å². The molecule has 1 aromatic rings. The fraction of sp³-hybridized carbons (Fsp3) is 0.308. The lowest BCUT2D eigenvalue weighted by Gasteiger charge is -2.08. The van der Waals surface area contributed by atoms with E-state index < -0.39 is 5.97 Å². The average Bonchev–Trinajstić information content (AvgIpc) is 2.29. The zero-order valence-corrected chi connectivity index (χ0v) is 10.6. The van der Waals surface area contributed by atoms with Gasteiger partial charge in [-0.05, 0) is 29.7 Å². The van der Waals surface area contributed by atoms with Crippen molar-refractivity contribution in [1.29, 1.82) is 0 Å². The minimum absolute atomic E-state index is 0.0207. The minimum Gasteiger partial charge on any atom is -0.495 e. The monoisotopic (exact) mass is 254 g/mol. The van der Waals surface area contributed by atoms with Crippen LogP contribution in [0.5, 0.6) is 5.75 Å². The highest BCUT2D eigenvalue weighted by Crippen LogP contribution is 2.29. The van der Waals surface area contributed by atoms with Crippen LogP contribution in [-0.4, -0.2) is 18.2 Å². The molecule has 0 atom stereocenters. The molecule has 92 valence electrons. The number of hydrogen-bond acceptors (Lipinski definition) is 2. The molecular weight excluding hydrogens is 240 g/mol. The molecule has 1 aromatic carbocycles. The van der Waals surface area contributed by atoms with Gasteiger partial charge in [-0.1, -0.05) is 30.7 Å². The van der Waals surface area contributed by atoms with Crippen molar-refractivity contribution in [2.75, 3.05) is 7.11 Å². The van der Waals surface area contributed by atoms with E-state index >= 15 is 0 Å². The molecule has 0 aromatic heterocycles. The Morgan fingerprint density at radius 3 is 2.71 bits per heavy atom. The molecule has 1 N–H and O–H groups in total. The van der Waals surface area contributed by atoms with Crippen molar-refractivity contribution >= 4 is 23.1 Å². The Morgan fingerprint density at radius 1 is 1.53 bits per heavy atom. The Kier molecular flexibility index (Phi) is 5.04. The van der Waals surface area contributed by atoms with Crippen LogP contribution in [0.4, 0.5) is 0 Å². The van der Waals surface area contributed by atoms with E-state index in [0.29, 0.717) is 10.8 Å². The first-order chi connectivity index (χ1) is 8.08. The maximum Gasteiger partial charge on any atom is 0.307 e. The molecule has 0 fully saturated rings. The topological polar surface area (TPSA) is 46.5 Å². The summed E-state index contributed by atoms with van der Waals surface area (Å²) in [5, 5.41) is 9.18. The van der Waals surface area contributed by atoms with E-state index in [1.807, 2.05) is 13.0 Å². The molecular formula is C13H15ClO3. The first-order valence-electron chi connectivity index (χ1n) is 5.33. The van der Waals surface area contributed by atoms with Crippen LogP contribution in [0.2, 0.25) is 5.02 Å². The van der Waals surface area contributed by atoms with Crippen molar-refractivity contribution in [1.82, 2.24) is 0 Å². The highest BCUT2D eigenvalue weighted by molar-refractivity contribution is 6.32. The number of allylic oxidation sites excluding steroid dienone is 1. The summed E-state index contributed by atoms with van der Waals surface area (Å²) in [6.45, 7) is 1.98. The summed E-state index contributed by atoms with van der Waals surface area (Å²) in [4.78, 5) is 10.5. The van der Waals surface area contributed by atoms with E-state index in [2.05, 4.69) is 0 Å². The van der Waals surface area contributed by atoms with Gasteiger partial charge < -0.3 is 9.84 Å². The van der Waals surface area contributed by atoms with Gasteiger partial charge in [0.2, 0.25) is 0 Å². The fourth-order valence-corrected chi connectivity index (χ4v) is 1.80. The van der Waals surface area contributed by atoms with Crippen LogP contribution in [0, 0.1) is 0 Å². The normalized spacial score (nSPS) is 11.4. The van der Waals surface area contributed by atoms with Crippen molar-refractivity contribution in [3.8, 4) is 5.75 Å². The van der Waals surface area contributed by atoms with Crippen LogP contribution >= 0.6 is 11.6 Å². The Balaban J connectivity index is 3.00. The number of carboxylic acid groups (broad SMARTS) is 1. The van der Waals surface area contributed by atoms with Gasteiger partial charge in [-0.3, -0.25) is 4.79 Å². The number of rotatable bonds is 5. The van der Waals surface area contributed by atoms with Crippen molar-refractivity contribution in [2.24, 2.45) is 0 Å². The SMILES string of the molecule is CC/C(=C\CC(=O)O)c1ccc(OC)c(Cl)c1. The highest BCUT2D eigenvalue weighted by Gasteiger charge is 2.05. The number of hydrogen-bond donors (Lipinski definition) is 1. The Morgan fingerprint density at radius 2 is 2.24 bits per heavy atom. The Hall–Kier alpha value is -1.48. The number of ether oxygens (including phenoxy) is 1. The first kappa shape index (κ1) is 13.6. The van der Waals surface area contributed by atoms with Crippen molar-refractivity contribution < 1.29 is 14.6 Å². The average molecular weight is 255 g/mol. The molecule has 0 aliphatic rings. The number of methoxy groups -OCH3 is 1. The zero-order chi connectivity index (χ0) is 12.8. The number of carbonyl (C=O) groups is 1. The van der Waals surface area contributed by atoms with Crippen LogP contribution in [0.25, 0.3) is 5.57 Å². The quantitative estimate of drug-likeness (QED) is 0.873. The molecule has 4 heteroatoms. The van der Waals surface area contributed by atoms with Gasteiger partial charge in [0.1, 0.15) is 5.75 Å². The molecule has 17 heavy (non-hydrogen) atoms. The number of benzene rings is 1. The van der Waals surface area contributed by atoms with Crippen molar-refractivity contribution in [3.05, 3.63) is 34.9 Å². The molecule has 0 amide bonds. The maximum absolute atomic E-state index is 10.5. The standard InChI is InChI=1S/C13H15ClO3/c1-3-9(5-7-13(15)16)10-4-6-12(17-2)11(14)8-10/h4-6,8H,3,7H2,1-2H3,(H,15,16)/b9-5+. The van der Waals surface area contributed by atoms with Gasteiger partial charge in [0.05, 0.1) is 18.6 Å².